The van der Waals surface area contributed by atoms with Crippen LogP contribution in [-0.4, -0.2) is 50.2 Å². The van der Waals surface area contributed by atoms with Crippen LogP contribution in [0.2, 0.25) is 0 Å². The van der Waals surface area contributed by atoms with Crippen molar-refractivity contribution in [1.82, 2.24) is 20.3 Å². The van der Waals surface area contributed by atoms with Gasteiger partial charge < -0.3 is 10.4 Å². The van der Waals surface area contributed by atoms with E-state index < -0.39 is 5.91 Å². The number of hydrogen-bond donors (Lipinski definition) is 4. The predicted octanol–water partition coefficient (Wildman–Crippen LogP) is 2.23. The van der Waals surface area contributed by atoms with Gasteiger partial charge in [0.05, 0.1) is 18.1 Å². The molecule has 0 aliphatic carbocycles. The van der Waals surface area contributed by atoms with Crippen LogP contribution in [0.4, 0.5) is 5.82 Å². The monoisotopic (exact) mass is 427 g/mol. The molecule has 2 aromatic rings. The zero-order chi connectivity index (χ0) is 18.4. The van der Waals surface area contributed by atoms with Crippen LogP contribution in [0.3, 0.4) is 0 Å². The van der Waals surface area contributed by atoms with E-state index in [1.807, 2.05) is 12.1 Å². The smallest absolute Gasteiger partial charge is 0.267 e. The topological polar surface area (TPSA) is 111 Å². The maximum absolute atomic E-state index is 10.9. The lowest BCUT2D eigenvalue weighted by atomic mass is 10.2. The molecular formula is C18H23Cl2N5O3. The van der Waals surface area contributed by atoms with Crippen LogP contribution in [0.25, 0.3) is 6.08 Å². The van der Waals surface area contributed by atoms with Crippen molar-refractivity contribution in [3.8, 4) is 5.75 Å². The summed E-state index contributed by atoms with van der Waals surface area (Å²) in [6.45, 7) is 2.66. The predicted molar refractivity (Wildman–Crippen MR) is 111 cm³/mol. The second kappa shape index (κ2) is 11.5. The Balaban J connectivity index is 0.00000196. The third-order valence-electron chi connectivity index (χ3n) is 4.13. The number of rotatable bonds is 6. The quantitative estimate of drug-likeness (QED) is 0.317. The average Bonchev–Trinajstić information content (AvgIpc) is 3.07. The van der Waals surface area contributed by atoms with E-state index in [0.29, 0.717) is 11.5 Å². The molecule has 0 unspecified atom stereocenters. The number of carbonyl (C=O) groups is 1. The van der Waals surface area contributed by atoms with Gasteiger partial charge in [-0.1, -0.05) is 12.1 Å². The molecule has 1 aliphatic heterocycles. The van der Waals surface area contributed by atoms with Crippen molar-refractivity contribution in [2.75, 3.05) is 18.4 Å². The summed E-state index contributed by atoms with van der Waals surface area (Å²) < 4.78 is 0. The van der Waals surface area contributed by atoms with E-state index in [2.05, 4.69) is 20.2 Å². The van der Waals surface area contributed by atoms with Crippen molar-refractivity contribution in [3.05, 3.63) is 54.0 Å². The number of phenols is 1. The van der Waals surface area contributed by atoms with Crippen LogP contribution in [0.1, 0.15) is 17.7 Å². The van der Waals surface area contributed by atoms with Crippen molar-refractivity contribution in [2.45, 2.75) is 19.0 Å². The van der Waals surface area contributed by atoms with E-state index in [1.54, 1.807) is 24.5 Å². The number of anilines is 1. The first kappa shape index (κ1) is 23.6. The highest BCUT2D eigenvalue weighted by atomic mass is 35.5. The number of aromatic nitrogens is 2. The fraction of sp³-hybridized carbons (Fsp3) is 0.278. The zero-order valence-electron chi connectivity index (χ0n) is 15.0. The number of phenolic OH excluding ortho intramolecular Hbond substituents is 1. The van der Waals surface area contributed by atoms with E-state index in [9.17, 15) is 9.90 Å². The van der Waals surface area contributed by atoms with Gasteiger partial charge >= 0.3 is 0 Å². The van der Waals surface area contributed by atoms with Gasteiger partial charge in [-0.3, -0.25) is 19.9 Å². The number of amides is 1. The van der Waals surface area contributed by atoms with E-state index >= 15 is 0 Å². The molecule has 1 amide bonds. The lowest BCUT2D eigenvalue weighted by molar-refractivity contribution is -0.124. The molecule has 1 aliphatic rings. The van der Waals surface area contributed by atoms with Crippen molar-refractivity contribution in [2.24, 2.45) is 0 Å². The number of nitrogens with zero attached hydrogens (tertiary/aromatic N) is 3. The molecule has 1 fully saturated rings. The lowest BCUT2D eigenvalue weighted by Crippen LogP contribution is -2.26. The molecule has 1 atom stereocenters. The molecule has 1 saturated heterocycles. The fourth-order valence-electron chi connectivity index (χ4n) is 2.91. The number of likely N-dealkylation sites (tertiary alicyclic amines) is 1. The molecule has 28 heavy (non-hydrogen) atoms. The Kier molecular flexibility index (Phi) is 9.67. The highest BCUT2D eigenvalue weighted by Gasteiger charge is 2.22. The van der Waals surface area contributed by atoms with E-state index in [4.69, 9.17) is 5.21 Å². The van der Waals surface area contributed by atoms with Gasteiger partial charge in [0.1, 0.15) is 11.6 Å². The number of aromatic hydroxyl groups is 1. The van der Waals surface area contributed by atoms with Crippen molar-refractivity contribution < 1.29 is 15.1 Å². The minimum absolute atomic E-state index is 0. The Hall–Kier alpha value is -2.39. The van der Waals surface area contributed by atoms with Crippen LogP contribution in [0.15, 0.2) is 42.7 Å². The van der Waals surface area contributed by atoms with Gasteiger partial charge in [0.25, 0.3) is 5.91 Å². The Morgan fingerprint density at radius 3 is 2.79 bits per heavy atom. The molecule has 0 spiro atoms. The Labute approximate surface area is 175 Å². The van der Waals surface area contributed by atoms with E-state index in [1.165, 1.54) is 17.6 Å². The third-order valence-corrected chi connectivity index (χ3v) is 4.13. The van der Waals surface area contributed by atoms with Gasteiger partial charge in [-0.25, -0.2) is 10.5 Å². The third kappa shape index (κ3) is 6.97. The first-order chi connectivity index (χ1) is 12.6. The maximum Gasteiger partial charge on any atom is 0.267 e. The standard InChI is InChI=1S/C18H21N5O3.2ClH/c24-16-3-1-2-13(8-16)11-23-7-6-15(12-23)21-17-10-19-14(9-20-17)4-5-18(25)22-26;;/h1-5,8-10,15,24,26H,6-7,11-12H2,(H,20,21)(H,22,25);2*1H/b5-4+;;/t15-;;/m1../s1. The summed E-state index contributed by atoms with van der Waals surface area (Å²) in [5.74, 6) is 0.349. The first-order valence-electron chi connectivity index (χ1n) is 8.33. The molecule has 1 aromatic heterocycles. The second-order valence-electron chi connectivity index (χ2n) is 6.17. The summed E-state index contributed by atoms with van der Waals surface area (Å²) in [4.78, 5) is 21.8. The normalized spacial score (nSPS) is 16.2. The van der Waals surface area contributed by atoms with Gasteiger partial charge in [-0.05, 0) is 30.2 Å². The molecule has 8 nitrogen and oxygen atoms in total. The second-order valence-corrected chi connectivity index (χ2v) is 6.17. The van der Waals surface area contributed by atoms with Crippen molar-refractivity contribution >= 4 is 42.6 Å². The SMILES string of the molecule is Cl.Cl.O=C(/C=C/c1cnc(N[C@@H]2CCN(Cc3cccc(O)c3)C2)cn1)NO. The van der Waals surface area contributed by atoms with Crippen LogP contribution in [0, 0.1) is 0 Å². The van der Waals surface area contributed by atoms with Crippen LogP contribution >= 0.6 is 24.8 Å². The molecule has 3 rings (SSSR count). The van der Waals surface area contributed by atoms with Crippen LogP contribution in [0.5, 0.6) is 5.75 Å². The molecule has 2 heterocycles. The number of nitrogens with one attached hydrogen (secondary N) is 2. The van der Waals surface area contributed by atoms with Crippen molar-refractivity contribution in [3.63, 3.8) is 0 Å². The molecule has 10 heteroatoms. The maximum atomic E-state index is 10.9. The van der Waals surface area contributed by atoms with Crippen LogP contribution in [-0.2, 0) is 11.3 Å². The molecule has 4 N–H and O–H groups in total. The van der Waals surface area contributed by atoms with E-state index in [0.717, 1.165) is 31.6 Å². The Bertz CT molecular complexity index is 789. The molecule has 0 bridgehead atoms. The van der Waals surface area contributed by atoms with Gasteiger partial charge in [-0.2, -0.15) is 0 Å². The fourth-order valence-corrected chi connectivity index (χ4v) is 2.91. The number of hydroxylamine groups is 1. The molecule has 1 aromatic carbocycles. The Morgan fingerprint density at radius 1 is 1.29 bits per heavy atom. The average molecular weight is 428 g/mol. The summed E-state index contributed by atoms with van der Waals surface area (Å²) in [5.41, 5.74) is 3.13. The largest absolute Gasteiger partial charge is 0.508 e. The molecule has 0 saturated carbocycles. The minimum atomic E-state index is -0.619. The summed E-state index contributed by atoms with van der Waals surface area (Å²) in [6.07, 6.45) is 6.82. The van der Waals surface area contributed by atoms with Crippen LogP contribution < -0.4 is 10.8 Å². The zero-order valence-corrected chi connectivity index (χ0v) is 16.6. The van der Waals surface area contributed by atoms with Gasteiger partial charge in [0.2, 0.25) is 0 Å². The highest BCUT2D eigenvalue weighted by molar-refractivity contribution is 5.90. The molecule has 0 radical (unpaired) electrons. The van der Waals surface area contributed by atoms with E-state index in [-0.39, 0.29) is 36.6 Å². The van der Waals surface area contributed by atoms with Crippen molar-refractivity contribution in [1.29, 1.82) is 0 Å². The number of hydrogen-bond acceptors (Lipinski definition) is 7. The summed E-state index contributed by atoms with van der Waals surface area (Å²) in [7, 11) is 0. The lowest BCUT2D eigenvalue weighted by Gasteiger charge is -2.17. The number of benzene rings is 1. The summed E-state index contributed by atoms with van der Waals surface area (Å²) in [6, 6.07) is 7.60. The molecule has 152 valence electrons. The number of halogens is 2. The Morgan fingerprint density at radius 2 is 2.11 bits per heavy atom. The van der Waals surface area contributed by atoms with Gasteiger partial charge in [0.15, 0.2) is 0 Å². The highest BCUT2D eigenvalue weighted by Crippen LogP contribution is 2.18. The van der Waals surface area contributed by atoms with Gasteiger partial charge in [0, 0.05) is 31.8 Å². The molecular weight excluding hydrogens is 405 g/mol. The summed E-state index contributed by atoms with van der Waals surface area (Å²) >= 11 is 0. The minimum Gasteiger partial charge on any atom is -0.508 e. The first-order valence-corrected chi connectivity index (χ1v) is 8.33. The summed E-state index contributed by atoms with van der Waals surface area (Å²) in [5, 5.41) is 21.3. The van der Waals surface area contributed by atoms with Gasteiger partial charge in [-0.15, -0.1) is 24.8 Å². The number of carbonyl (C=O) groups excluding carboxylic acids is 1.